The molecule has 1 aliphatic heterocycles. The van der Waals surface area contributed by atoms with E-state index in [0.29, 0.717) is 29.7 Å². The molecule has 2 atom stereocenters. The fourth-order valence-corrected chi connectivity index (χ4v) is 6.15. The number of alkyl halides is 3. The molecule has 39 heavy (non-hydrogen) atoms. The van der Waals surface area contributed by atoms with Crippen LogP contribution in [0.25, 0.3) is 11.1 Å². The van der Waals surface area contributed by atoms with Gasteiger partial charge in [0.25, 0.3) is 5.91 Å². The third-order valence-corrected chi connectivity index (χ3v) is 7.81. The van der Waals surface area contributed by atoms with E-state index >= 15 is 0 Å². The second kappa shape index (κ2) is 9.59. The zero-order valence-electron chi connectivity index (χ0n) is 21.7. The van der Waals surface area contributed by atoms with Gasteiger partial charge in [-0.1, -0.05) is 18.2 Å². The van der Waals surface area contributed by atoms with E-state index in [2.05, 4.69) is 16.1 Å². The van der Waals surface area contributed by atoms with Crippen LogP contribution in [0.15, 0.2) is 61.3 Å². The Morgan fingerprint density at radius 1 is 1.13 bits per heavy atom. The topological polar surface area (TPSA) is 65.2 Å². The van der Waals surface area contributed by atoms with Crippen LogP contribution in [0, 0.1) is 0 Å². The van der Waals surface area contributed by atoms with E-state index < -0.39 is 11.9 Å². The number of imidazole rings is 1. The Hall–Kier alpha value is -4.08. The van der Waals surface area contributed by atoms with E-state index in [-0.39, 0.29) is 23.6 Å². The quantitative estimate of drug-likeness (QED) is 0.341. The predicted molar refractivity (Wildman–Crippen MR) is 138 cm³/mol. The van der Waals surface area contributed by atoms with Gasteiger partial charge >= 0.3 is 6.18 Å². The third-order valence-electron chi connectivity index (χ3n) is 7.81. The van der Waals surface area contributed by atoms with Gasteiger partial charge in [0.1, 0.15) is 5.75 Å². The number of carbonyl (C=O) groups excluding carboxylic acids is 1. The Kier molecular flexibility index (Phi) is 6.20. The van der Waals surface area contributed by atoms with Crippen LogP contribution >= 0.6 is 0 Å². The normalized spacial score (nSPS) is 19.1. The summed E-state index contributed by atoms with van der Waals surface area (Å²) in [5.74, 6) is 0.552. The Bertz CT molecular complexity index is 1530. The highest BCUT2D eigenvalue weighted by Gasteiger charge is 2.42. The van der Waals surface area contributed by atoms with Crippen LogP contribution in [0.2, 0.25) is 0 Å². The molecule has 0 radical (unpaired) electrons. The van der Waals surface area contributed by atoms with Gasteiger partial charge in [0.15, 0.2) is 5.69 Å². The molecule has 3 heterocycles. The van der Waals surface area contributed by atoms with Gasteiger partial charge in [-0.15, -0.1) is 0 Å². The minimum Gasteiger partial charge on any atom is -0.497 e. The van der Waals surface area contributed by atoms with Crippen LogP contribution in [-0.4, -0.2) is 43.3 Å². The number of amides is 1. The van der Waals surface area contributed by atoms with E-state index in [9.17, 15) is 18.0 Å². The molecule has 0 bridgehead atoms. The van der Waals surface area contributed by atoms with Crippen molar-refractivity contribution in [2.45, 2.75) is 50.5 Å². The Labute approximate surface area is 223 Å². The first-order valence-corrected chi connectivity index (χ1v) is 12.9. The molecule has 6 rings (SSSR count). The molecule has 0 spiro atoms. The number of ether oxygens (including phenoxy) is 1. The van der Waals surface area contributed by atoms with Gasteiger partial charge in [-0.05, 0) is 66.1 Å². The van der Waals surface area contributed by atoms with Crippen molar-refractivity contribution >= 4 is 5.91 Å². The van der Waals surface area contributed by atoms with Gasteiger partial charge < -0.3 is 14.2 Å². The highest BCUT2D eigenvalue weighted by molar-refractivity contribution is 5.99. The number of hydrogen-bond donors (Lipinski definition) is 0. The van der Waals surface area contributed by atoms with Gasteiger partial charge in [0, 0.05) is 43.3 Å². The maximum atomic E-state index is 14.3. The molecule has 4 aromatic rings. The number of rotatable bonds is 5. The Morgan fingerprint density at radius 2 is 1.95 bits per heavy atom. The average Bonchev–Trinajstić information content (AvgIpc) is 3.58. The van der Waals surface area contributed by atoms with Crippen LogP contribution < -0.4 is 4.74 Å². The average molecular weight is 536 g/mol. The summed E-state index contributed by atoms with van der Waals surface area (Å²) in [6.07, 6.45) is 5.03. The standard InChI is InChI=1S/C29H28F3N5O2/c1-35-16-25(27(34-35)29(30,31)32)21-6-4-7-22-24(21)13-19(15-36-12-11-33-17-36)37(28(22)38)26-8-3-5-18-9-10-20(39-2)14-23(18)26/h4,6-7,9-12,14,16-17,19,26H,3,5,8,13,15H2,1-2H3. The second-order valence-electron chi connectivity index (χ2n) is 10.2. The van der Waals surface area contributed by atoms with Gasteiger partial charge in [0.05, 0.1) is 25.5 Å². The first-order valence-electron chi connectivity index (χ1n) is 12.9. The highest BCUT2D eigenvalue weighted by atomic mass is 19.4. The first kappa shape index (κ1) is 25.2. The molecule has 2 aliphatic rings. The smallest absolute Gasteiger partial charge is 0.435 e. The molecule has 202 valence electrons. The molecule has 7 nitrogen and oxygen atoms in total. The van der Waals surface area contributed by atoms with Crippen LogP contribution in [0.3, 0.4) is 0 Å². The summed E-state index contributed by atoms with van der Waals surface area (Å²) in [6, 6.07) is 10.6. The van der Waals surface area contributed by atoms with Crippen molar-refractivity contribution in [1.29, 1.82) is 0 Å². The number of benzene rings is 2. The van der Waals surface area contributed by atoms with Crippen LogP contribution in [-0.2, 0) is 32.6 Å². The van der Waals surface area contributed by atoms with E-state index in [1.54, 1.807) is 37.8 Å². The lowest BCUT2D eigenvalue weighted by Gasteiger charge is -2.44. The molecule has 0 N–H and O–H groups in total. The van der Waals surface area contributed by atoms with Crippen molar-refractivity contribution in [2.24, 2.45) is 7.05 Å². The molecular formula is C29H28F3N5O2. The van der Waals surface area contributed by atoms with Crippen molar-refractivity contribution in [1.82, 2.24) is 24.2 Å². The maximum Gasteiger partial charge on any atom is 0.435 e. The lowest BCUT2D eigenvalue weighted by Crippen LogP contribution is -2.50. The van der Waals surface area contributed by atoms with Crippen molar-refractivity contribution in [2.75, 3.05) is 7.11 Å². The number of methoxy groups -OCH3 is 1. The fraction of sp³-hybridized carbons (Fsp3) is 0.345. The molecule has 0 saturated heterocycles. The number of fused-ring (bicyclic) bond motifs is 2. The Morgan fingerprint density at radius 3 is 2.69 bits per heavy atom. The summed E-state index contributed by atoms with van der Waals surface area (Å²) in [5.41, 5.74) is 2.72. The summed E-state index contributed by atoms with van der Waals surface area (Å²) in [5, 5.41) is 3.71. The Balaban J connectivity index is 1.49. The highest BCUT2D eigenvalue weighted by Crippen LogP contribution is 2.44. The lowest BCUT2D eigenvalue weighted by molar-refractivity contribution is -0.140. The molecule has 2 unspecified atom stereocenters. The van der Waals surface area contributed by atoms with Gasteiger partial charge in [0.2, 0.25) is 0 Å². The van der Waals surface area contributed by atoms with Gasteiger partial charge in [-0.2, -0.15) is 18.3 Å². The summed E-state index contributed by atoms with van der Waals surface area (Å²) in [6.45, 7) is 0.467. The van der Waals surface area contributed by atoms with Gasteiger partial charge in [-0.3, -0.25) is 9.48 Å². The lowest BCUT2D eigenvalue weighted by atomic mass is 9.81. The maximum absolute atomic E-state index is 14.3. The summed E-state index contributed by atoms with van der Waals surface area (Å²) >= 11 is 0. The fourth-order valence-electron chi connectivity index (χ4n) is 6.15. The van der Waals surface area contributed by atoms with Crippen LogP contribution in [0.1, 0.15) is 51.6 Å². The molecular weight excluding hydrogens is 507 g/mol. The zero-order chi connectivity index (χ0) is 27.3. The summed E-state index contributed by atoms with van der Waals surface area (Å²) < 4.78 is 50.3. The number of aryl methyl sites for hydroxylation is 2. The third kappa shape index (κ3) is 4.47. The monoisotopic (exact) mass is 535 g/mol. The number of halogens is 3. The zero-order valence-corrected chi connectivity index (χ0v) is 21.7. The molecule has 1 aliphatic carbocycles. The summed E-state index contributed by atoms with van der Waals surface area (Å²) in [4.78, 5) is 20.4. The molecule has 0 fully saturated rings. The molecule has 2 aromatic carbocycles. The van der Waals surface area contributed by atoms with Crippen LogP contribution in [0.5, 0.6) is 5.75 Å². The van der Waals surface area contributed by atoms with E-state index in [0.717, 1.165) is 30.6 Å². The van der Waals surface area contributed by atoms with Crippen LogP contribution in [0.4, 0.5) is 13.2 Å². The van der Waals surface area contributed by atoms with E-state index in [4.69, 9.17) is 4.74 Å². The number of hydrogen-bond acceptors (Lipinski definition) is 4. The van der Waals surface area contributed by atoms with E-state index in [1.165, 1.54) is 23.5 Å². The van der Waals surface area contributed by atoms with Crippen molar-refractivity contribution in [3.8, 4) is 16.9 Å². The largest absolute Gasteiger partial charge is 0.497 e. The van der Waals surface area contributed by atoms with Crippen molar-refractivity contribution in [3.05, 3.63) is 89.3 Å². The van der Waals surface area contributed by atoms with Crippen molar-refractivity contribution in [3.63, 3.8) is 0 Å². The minimum absolute atomic E-state index is 0.0165. The molecule has 2 aromatic heterocycles. The minimum atomic E-state index is -4.62. The summed E-state index contributed by atoms with van der Waals surface area (Å²) in [7, 11) is 3.09. The predicted octanol–water partition coefficient (Wildman–Crippen LogP) is 5.46. The SMILES string of the molecule is COc1ccc2c(c1)C(N1C(=O)c3cccc(-c4cn(C)nc4C(F)(F)F)c3CC1Cn1ccnc1)CCC2. The van der Waals surface area contributed by atoms with Crippen molar-refractivity contribution < 1.29 is 22.7 Å². The van der Waals surface area contributed by atoms with Gasteiger partial charge in [-0.25, -0.2) is 4.98 Å². The second-order valence-corrected chi connectivity index (χ2v) is 10.2. The molecule has 1 amide bonds. The first-order chi connectivity index (χ1) is 18.7. The van der Waals surface area contributed by atoms with E-state index in [1.807, 2.05) is 27.8 Å². The number of aromatic nitrogens is 4. The molecule has 0 saturated carbocycles. The number of nitrogens with zero attached hydrogens (tertiary/aromatic N) is 5. The molecule has 10 heteroatoms. The number of carbonyl (C=O) groups is 1.